The minimum Gasteiger partial charge on any atom is -0.354 e. The number of carbonyl (C=O) groups is 1. The normalized spacial score (nSPS) is 20.7. The molecule has 0 unspecified atom stereocenters. The average molecular weight is 408 g/mol. The zero-order valence-corrected chi connectivity index (χ0v) is 15.3. The molecule has 2 fully saturated rings. The molecule has 2 aliphatic carbocycles. The molecule has 122 valence electrons. The number of hydrogen-bond acceptors (Lipinski definition) is 2. The van der Waals surface area contributed by atoms with Crippen LogP contribution in [0.3, 0.4) is 0 Å². The Bertz CT molecular complexity index is 337. The van der Waals surface area contributed by atoms with E-state index in [0.29, 0.717) is 18.6 Å². The lowest BCUT2D eigenvalue weighted by molar-refractivity contribution is -0.120. The van der Waals surface area contributed by atoms with E-state index in [1.807, 2.05) is 0 Å². The zero-order valence-electron chi connectivity index (χ0n) is 13.0. The number of halogens is 1. The van der Waals surface area contributed by atoms with Gasteiger partial charge in [0.15, 0.2) is 5.96 Å². The Morgan fingerprint density at radius 1 is 0.952 bits per heavy atom. The summed E-state index contributed by atoms with van der Waals surface area (Å²) < 4.78 is 0. The Balaban J connectivity index is 0.00000220. The summed E-state index contributed by atoms with van der Waals surface area (Å²) in [5.41, 5.74) is 0. The predicted octanol–water partition coefficient (Wildman–Crippen LogP) is 2.16. The lowest BCUT2D eigenvalue weighted by Gasteiger charge is -2.23. The Labute approximate surface area is 145 Å². The van der Waals surface area contributed by atoms with Crippen LogP contribution in [-0.4, -0.2) is 37.5 Å². The van der Waals surface area contributed by atoms with E-state index in [1.54, 1.807) is 7.05 Å². The van der Waals surface area contributed by atoms with E-state index in [-0.39, 0.29) is 29.9 Å². The summed E-state index contributed by atoms with van der Waals surface area (Å²) in [4.78, 5) is 16.1. The van der Waals surface area contributed by atoms with Gasteiger partial charge in [0.1, 0.15) is 0 Å². The van der Waals surface area contributed by atoms with Crippen LogP contribution in [0.5, 0.6) is 0 Å². The summed E-state index contributed by atoms with van der Waals surface area (Å²) in [6.07, 6.45) is 11.0. The van der Waals surface area contributed by atoms with Crippen molar-refractivity contribution in [2.24, 2.45) is 4.99 Å². The monoisotopic (exact) mass is 408 g/mol. The van der Waals surface area contributed by atoms with Gasteiger partial charge in [0.2, 0.25) is 5.91 Å². The fourth-order valence-electron chi connectivity index (χ4n) is 3.15. The minimum absolute atomic E-state index is 0. The van der Waals surface area contributed by atoms with E-state index in [9.17, 15) is 4.79 Å². The molecule has 0 spiro atoms. The van der Waals surface area contributed by atoms with Crippen molar-refractivity contribution in [3.8, 4) is 0 Å². The van der Waals surface area contributed by atoms with Crippen LogP contribution < -0.4 is 16.0 Å². The number of carbonyl (C=O) groups excluding carboxylic acids is 1. The van der Waals surface area contributed by atoms with Gasteiger partial charge >= 0.3 is 0 Å². The van der Waals surface area contributed by atoms with Crippen LogP contribution in [0.4, 0.5) is 0 Å². The second kappa shape index (κ2) is 10.2. The molecule has 5 nitrogen and oxygen atoms in total. The van der Waals surface area contributed by atoms with Gasteiger partial charge in [-0.3, -0.25) is 9.79 Å². The van der Waals surface area contributed by atoms with Gasteiger partial charge in [-0.2, -0.15) is 0 Å². The fraction of sp³-hybridized carbons (Fsp3) is 0.867. The van der Waals surface area contributed by atoms with Gasteiger partial charge in [-0.05, 0) is 25.7 Å². The summed E-state index contributed by atoms with van der Waals surface area (Å²) in [7, 11) is 1.75. The van der Waals surface area contributed by atoms with Crippen molar-refractivity contribution in [2.75, 3.05) is 13.6 Å². The smallest absolute Gasteiger partial charge is 0.239 e. The van der Waals surface area contributed by atoms with Crippen LogP contribution in [0.15, 0.2) is 4.99 Å². The third-order valence-electron chi connectivity index (χ3n) is 4.31. The van der Waals surface area contributed by atoms with Crippen molar-refractivity contribution in [1.29, 1.82) is 0 Å². The third kappa shape index (κ3) is 6.84. The number of rotatable bonds is 4. The number of aliphatic imine (C=N–C) groups is 1. The van der Waals surface area contributed by atoms with Crippen LogP contribution in [-0.2, 0) is 4.79 Å². The molecule has 0 heterocycles. The molecule has 21 heavy (non-hydrogen) atoms. The highest BCUT2D eigenvalue weighted by Crippen LogP contribution is 2.18. The summed E-state index contributed by atoms with van der Waals surface area (Å²) >= 11 is 0. The van der Waals surface area contributed by atoms with E-state index in [1.165, 1.54) is 44.9 Å². The summed E-state index contributed by atoms with van der Waals surface area (Å²) in [6, 6.07) is 0.894. The van der Waals surface area contributed by atoms with Crippen LogP contribution in [0.2, 0.25) is 0 Å². The highest BCUT2D eigenvalue weighted by Gasteiger charge is 2.17. The minimum atomic E-state index is 0. The first-order valence-corrected chi connectivity index (χ1v) is 8.04. The average Bonchev–Trinajstić information content (AvgIpc) is 2.97. The van der Waals surface area contributed by atoms with Gasteiger partial charge in [0.25, 0.3) is 0 Å². The Morgan fingerprint density at radius 2 is 1.48 bits per heavy atom. The molecule has 6 heteroatoms. The molecule has 0 aromatic carbocycles. The molecule has 0 aromatic heterocycles. The van der Waals surface area contributed by atoms with E-state index in [2.05, 4.69) is 20.9 Å². The van der Waals surface area contributed by atoms with Crippen molar-refractivity contribution in [1.82, 2.24) is 16.0 Å². The zero-order chi connectivity index (χ0) is 14.2. The number of hydrogen-bond donors (Lipinski definition) is 3. The molecule has 3 N–H and O–H groups in total. The number of nitrogens with one attached hydrogen (secondary N) is 3. The second-order valence-corrected chi connectivity index (χ2v) is 5.95. The van der Waals surface area contributed by atoms with E-state index >= 15 is 0 Å². The van der Waals surface area contributed by atoms with Crippen molar-refractivity contribution in [3.63, 3.8) is 0 Å². The highest BCUT2D eigenvalue weighted by molar-refractivity contribution is 14.0. The molecule has 0 aliphatic heterocycles. The lowest BCUT2D eigenvalue weighted by Crippen LogP contribution is -2.47. The maximum atomic E-state index is 11.9. The van der Waals surface area contributed by atoms with Crippen LogP contribution in [0, 0.1) is 0 Å². The van der Waals surface area contributed by atoms with E-state index in [0.717, 1.165) is 18.8 Å². The van der Waals surface area contributed by atoms with Crippen molar-refractivity contribution < 1.29 is 4.79 Å². The van der Waals surface area contributed by atoms with Crippen LogP contribution in [0.25, 0.3) is 0 Å². The van der Waals surface area contributed by atoms with Gasteiger partial charge in [-0.1, -0.05) is 32.1 Å². The molecule has 0 radical (unpaired) electrons. The second-order valence-electron chi connectivity index (χ2n) is 5.95. The van der Waals surface area contributed by atoms with Gasteiger partial charge in [-0.25, -0.2) is 0 Å². The Hall–Kier alpha value is -0.530. The van der Waals surface area contributed by atoms with Crippen molar-refractivity contribution in [2.45, 2.75) is 69.9 Å². The van der Waals surface area contributed by atoms with Crippen molar-refractivity contribution in [3.05, 3.63) is 0 Å². The first-order valence-electron chi connectivity index (χ1n) is 8.04. The SMILES string of the molecule is CN=C(NCC(=O)NC1CCCCC1)NC1CCCC1.I. The standard InChI is InChI=1S/C15H28N4O.HI/c1-16-15(19-13-9-5-6-10-13)17-11-14(20)18-12-7-3-2-4-8-12;/h12-13H,2-11H2,1H3,(H,18,20)(H2,16,17,19);1H. The third-order valence-corrected chi connectivity index (χ3v) is 4.31. The summed E-state index contributed by atoms with van der Waals surface area (Å²) in [6.45, 7) is 0.308. The lowest BCUT2D eigenvalue weighted by atomic mass is 9.95. The predicted molar refractivity (Wildman–Crippen MR) is 97.2 cm³/mol. The summed E-state index contributed by atoms with van der Waals surface area (Å²) in [5.74, 6) is 0.821. The number of guanidine groups is 1. The van der Waals surface area contributed by atoms with Gasteiger partial charge in [-0.15, -0.1) is 24.0 Å². The molecule has 2 saturated carbocycles. The number of nitrogens with zero attached hydrogens (tertiary/aromatic N) is 1. The van der Waals surface area contributed by atoms with Gasteiger partial charge < -0.3 is 16.0 Å². The molecular weight excluding hydrogens is 379 g/mol. The first-order chi connectivity index (χ1) is 9.78. The first kappa shape index (κ1) is 18.5. The van der Waals surface area contributed by atoms with E-state index in [4.69, 9.17) is 0 Å². The van der Waals surface area contributed by atoms with Crippen molar-refractivity contribution >= 4 is 35.8 Å². The molecule has 2 aliphatic rings. The Kier molecular flexibility index (Phi) is 9.03. The number of amides is 1. The fourth-order valence-corrected chi connectivity index (χ4v) is 3.15. The quantitative estimate of drug-likeness (QED) is 0.380. The van der Waals surface area contributed by atoms with Crippen LogP contribution in [0.1, 0.15) is 57.8 Å². The molecular formula is C15H29IN4O. The largest absolute Gasteiger partial charge is 0.354 e. The molecule has 0 aromatic rings. The molecule has 2 rings (SSSR count). The van der Waals surface area contributed by atoms with E-state index < -0.39 is 0 Å². The molecule has 0 atom stereocenters. The topological polar surface area (TPSA) is 65.5 Å². The van der Waals surface area contributed by atoms with Gasteiger partial charge in [0.05, 0.1) is 6.54 Å². The maximum Gasteiger partial charge on any atom is 0.239 e. The Morgan fingerprint density at radius 3 is 2.05 bits per heavy atom. The van der Waals surface area contributed by atoms with Crippen LogP contribution >= 0.6 is 24.0 Å². The van der Waals surface area contributed by atoms with Gasteiger partial charge in [0, 0.05) is 19.1 Å². The molecule has 0 bridgehead atoms. The molecule has 0 saturated heterocycles. The summed E-state index contributed by atoms with van der Waals surface area (Å²) in [5, 5.41) is 9.60. The maximum absolute atomic E-state index is 11.9. The molecule has 1 amide bonds. The highest BCUT2D eigenvalue weighted by atomic mass is 127.